The van der Waals surface area contributed by atoms with Gasteiger partial charge in [0.15, 0.2) is 0 Å². The molecule has 0 atom stereocenters. The Balaban J connectivity index is 1.70. The van der Waals surface area contributed by atoms with E-state index >= 15 is 0 Å². The minimum Gasteiger partial charge on any atom is -0.387 e. The lowest BCUT2D eigenvalue weighted by molar-refractivity contribution is -0.0975. The van der Waals surface area contributed by atoms with Crippen LogP contribution in [0, 0.1) is 0 Å². The maximum atomic E-state index is 10.3. The molecule has 2 aliphatic carbocycles. The van der Waals surface area contributed by atoms with E-state index in [1.165, 1.54) is 6.42 Å². The molecule has 0 saturated heterocycles. The largest absolute Gasteiger partial charge is 0.387 e. The second-order valence-corrected chi connectivity index (χ2v) is 5.63. The Morgan fingerprint density at radius 1 is 1.06 bits per heavy atom. The topological polar surface area (TPSA) is 55.5 Å². The molecule has 2 saturated carbocycles. The lowest BCUT2D eigenvalue weighted by atomic mass is 9.85. The van der Waals surface area contributed by atoms with Crippen LogP contribution in [0.4, 0.5) is 0 Å². The lowest BCUT2D eigenvalue weighted by Crippen LogP contribution is -2.39. The van der Waals surface area contributed by atoms with Crippen molar-refractivity contribution < 1.29 is 9.84 Å². The van der Waals surface area contributed by atoms with Crippen molar-refractivity contribution in [2.24, 2.45) is 5.73 Å². The summed E-state index contributed by atoms with van der Waals surface area (Å²) in [6, 6.07) is 0.373. The number of ether oxygens (including phenoxy) is 1. The molecule has 94 valence electrons. The zero-order chi connectivity index (χ0) is 11.4. The molecule has 3 N–H and O–H groups in total. The number of aliphatic hydroxyl groups is 1. The maximum absolute atomic E-state index is 10.3. The standard InChI is InChI=1S/C13H25NO2/c14-11-4-6-12(7-5-11)16-10-13(15)8-2-1-3-9-13/h11-12,15H,1-10,14H2. The van der Waals surface area contributed by atoms with Gasteiger partial charge in [-0.15, -0.1) is 0 Å². The van der Waals surface area contributed by atoms with E-state index in [2.05, 4.69) is 0 Å². The Kier molecular flexibility index (Phi) is 4.22. The fourth-order valence-electron chi connectivity index (χ4n) is 2.88. The van der Waals surface area contributed by atoms with Gasteiger partial charge >= 0.3 is 0 Å². The van der Waals surface area contributed by atoms with Crippen LogP contribution in [0.15, 0.2) is 0 Å². The van der Waals surface area contributed by atoms with Gasteiger partial charge in [0, 0.05) is 6.04 Å². The molecule has 3 heteroatoms. The number of hydrogen-bond acceptors (Lipinski definition) is 3. The molecular formula is C13H25NO2. The normalized spacial score (nSPS) is 34.9. The molecule has 2 aliphatic rings. The fourth-order valence-corrected chi connectivity index (χ4v) is 2.88. The quantitative estimate of drug-likeness (QED) is 0.775. The summed E-state index contributed by atoms with van der Waals surface area (Å²) in [7, 11) is 0. The Hall–Kier alpha value is -0.120. The second-order valence-electron chi connectivity index (χ2n) is 5.63. The van der Waals surface area contributed by atoms with Crippen LogP contribution in [0.5, 0.6) is 0 Å². The molecule has 0 aromatic carbocycles. The summed E-state index contributed by atoms with van der Waals surface area (Å²) >= 11 is 0. The van der Waals surface area contributed by atoms with E-state index in [4.69, 9.17) is 10.5 Å². The second kappa shape index (κ2) is 5.48. The molecule has 0 aromatic rings. The minimum atomic E-state index is -0.530. The summed E-state index contributed by atoms with van der Waals surface area (Å²) in [5.74, 6) is 0. The summed E-state index contributed by atoms with van der Waals surface area (Å²) < 4.78 is 5.87. The van der Waals surface area contributed by atoms with Crippen LogP contribution < -0.4 is 5.73 Å². The van der Waals surface area contributed by atoms with Gasteiger partial charge in [-0.25, -0.2) is 0 Å². The van der Waals surface area contributed by atoms with Gasteiger partial charge in [-0.3, -0.25) is 0 Å². The van der Waals surface area contributed by atoms with Crippen LogP contribution >= 0.6 is 0 Å². The molecule has 0 aliphatic heterocycles. The van der Waals surface area contributed by atoms with Gasteiger partial charge in [0.05, 0.1) is 18.3 Å². The Morgan fingerprint density at radius 3 is 2.31 bits per heavy atom. The van der Waals surface area contributed by atoms with Crippen LogP contribution in [-0.2, 0) is 4.74 Å². The first-order valence-corrected chi connectivity index (χ1v) is 6.77. The van der Waals surface area contributed by atoms with E-state index < -0.39 is 5.60 Å². The van der Waals surface area contributed by atoms with Crippen molar-refractivity contribution in [1.82, 2.24) is 0 Å². The van der Waals surface area contributed by atoms with Crippen molar-refractivity contribution in [3.05, 3.63) is 0 Å². The van der Waals surface area contributed by atoms with E-state index in [0.29, 0.717) is 18.8 Å². The molecule has 0 bridgehead atoms. The van der Waals surface area contributed by atoms with Crippen molar-refractivity contribution >= 4 is 0 Å². The van der Waals surface area contributed by atoms with Crippen LogP contribution in [0.2, 0.25) is 0 Å². The number of nitrogens with two attached hydrogens (primary N) is 1. The highest BCUT2D eigenvalue weighted by atomic mass is 16.5. The fraction of sp³-hybridized carbons (Fsp3) is 1.00. The van der Waals surface area contributed by atoms with Crippen molar-refractivity contribution in [3.8, 4) is 0 Å². The highest BCUT2D eigenvalue weighted by molar-refractivity contribution is 4.83. The molecule has 16 heavy (non-hydrogen) atoms. The Morgan fingerprint density at radius 2 is 1.69 bits per heavy atom. The van der Waals surface area contributed by atoms with Gasteiger partial charge in [-0.1, -0.05) is 19.3 Å². The minimum absolute atomic E-state index is 0.339. The summed E-state index contributed by atoms with van der Waals surface area (Å²) in [6.45, 7) is 0.535. The predicted octanol–water partition coefficient (Wildman–Crippen LogP) is 1.97. The van der Waals surface area contributed by atoms with Gasteiger partial charge in [-0.05, 0) is 38.5 Å². The van der Waals surface area contributed by atoms with E-state index in [9.17, 15) is 5.11 Å². The molecule has 0 aromatic heterocycles. The molecule has 2 rings (SSSR count). The van der Waals surface area contributed by atoms with Gasteiger partial charge in [0.25, 0.3) is 0 Å². The summed E-state index contributed by atoms with van der Waals surface area (Å²) in [5.41, 5.74) is 5.33. The summed E-state index contributed by atoms with van der Waals surface area (Å²) in [5, 5.41) is 10.3. The van der Waals surface area contributed by atoms with Gasteiger partial charge < -0.3 is 15.6 Å². The Labute approximate surface area is 98.4 Å². The smallest absolute Gasteiger partial charge is 0.0880 e. The van der Waals surface area contributed by atoms with Crippen molar-refractivity contribution in [2.45, 2.75) is 75.5 Å². The maximum Gasteiger partial charge on any atom is 0.0880 e. The van der Waals surface area contributed by atoms with Crippen LogP contribution in [0.25, 0.3) is 0 Å². The summed E-state index contributed by atoms with van der Waals surface area (Å²) in [4.78, 5) is 0. The van der Waals surface area contributed by atoms with Crippen LogP contribution in [-0.4, -0.2) is 29.5 Å². The molecular weight excluding hydrogens is 202 g/mol. The summed E-state index contributed by atoms with van der Waals surface area (Å²) in [6.07, 6.45) is 10.0. The number of rotatable bonds is 3. The Bertz CT molecular complexity index is 206. The molecule has 2 fully saturated rings. The lowest BCUT2D eigenvalue weighted by Gasteiger charge is -2.34. The molecule has 3 nitrogen and oxygen atoms in total. The van der Waals surface area contributed by atoms with Gasteiger partial charge in [-0.2, -0.15) is 0 Å². The monoisotopic (exact) mass is 227 g/mol. The highest BCUT2D eigenvalue weighted by Crippen LogP contribution is 2.29. The van der Waals surface area contributed by atoms with E-state index in [0.717, 1.165) is 51.4 Å². The van der Waals surface area contributed by atoms with Crippen molar-refractivity contribution in [1.29, 1.82) is 0 Å². The van der Waals surface area contributed by atoms with E-state index in [1.807, 2.05) is 0 Å². The van der Waals surface area contributed by atoms with Crippen LogP contribution in [0.3, 0.4) is 0 Å². The van der Waals surface area contributed by atoms with E-state index in [1.54, 1.807) is 0 Å². The van der Waals surface area contributed by atoms with Gasteiger partial charge in [0.1, 0.15) is 0 Å². The molecule has 0 amide bonds. The first kappa shape index (κ1) is 12.3. The van der Waals surface area contributed by atoms with Crippen LogP contribution in [0.1, 0.15) is 57.8 Å². The first-order valence-electron chi connectivity index (χ1n) is 6.77. The van der Waals surface area contributed by atoms with Crippen molar-refractivity contribution in [3.63, 3.8) is 0 Å². The highest BCUT2D eigenvalue weighted by Gasteiger charge is 2.31. The zero-order valence-corrected chi connectivity index (χ0v) is 10.2. The third-order valence-electron chi connectivity index (χ3n) is 4.09. The van der Waals surface area contributed by atoms with Gasteiger partial charge in [0.2, 0.25) is 0 Å². The third-order valence-corrected chi connectivity index (χ3v) is 4.09. The molecule has 0 unspecified atom stereocenters. The van der Waals surface area contributed by atoms with E-state index in [-0.39, 0.29) is 0 Å². The number of hydrogen-bond donors (Lipinski definition) is 2. The SMILES string of the molecule is NC1CCC(OCC2(O)CCCCC2)CC1. The average Bonchev–Trinajstić information content (AvgIpc) is 2.29. The zero-order valence-electron chi connectivity index (χ0n) is 10.2. The average molecular weight is 227 g/mol. The molecule has 0 radical (unpaired) electrons. The predicted molar refractivity (Wildman–Crippen MR) is 64.2 cm³/mol. The first-order chi connectivity index (χ1) is 7.68. The third kappa shape index (κ3) is 3.44. The molecule has 0 heterocycles. The van der Waals surface area contributed by atoms with Crippen molar-refractivity contribution in [2.75, 3.05) is 6.61 Å². The molecule has 0 spiro atoms.